The van der Waals surface area contributed by atoms with Gasteiger partial charge in [-0.2, -0.15) is 5.26 Å². The summed E-state index contributed by atoms with van der Waals surface area (Å²) in [7, 11) is 0. The van der Waals surface area contributed by atoms with Crippen LogP contribution in [0, 0.1) is 11.3 Å². The third-order valence-corrected chi connectivity index (χ3v) is 3.96. The van der Waals surface area contributed by atoms with Crippen molar-refractivity contribution in [3.05, 3.63) is 83.7 Å². The van der Waals surface area contributed by atoms with Gasteiger partial charge in [0.05, 0.1) is 5.56 Å². The maximum absolute atomic E-state index is 12.4. The van der Waals surface area contributed by atoms with Gasteiger partial charge in [0.15, 0.2) is 0 Å². The molecular weight excluding hydrogens is 358 g/mol. The molecule has 28 heavy (non-hydrogen) atoms. The summed E-state index contributed by atoms with van der Waals surface area (Å²) in [6, 6.07) is 17.5. The van der Waals surface area contributed by atoms with Crippen molar-refractivity contribution in [1.29, 1.82) is 5.26 Å². The maximum Gasteiger partial charge on any atom is 0.335 e. The third-order valence-electron chi connectivity index (χ3n) is 3.96. The van der Waals surface area contributed by atoms with Gasteiger partial charge in [0, 0.05) is 23.3 Å². The molecule has 3 rings (SSSR count). The second-order valence-electron chi connectivity index (χ2n) is 5.83. The number of hydrogen-bond acceptors (Lipinski definition) is 4. The number of anilines is 1. The van der Waals surface area contributed by atoms with Crippen molar-refractivity contribution in [3.8, 4) is 17.5 Å². The van der Waals surface area contributed by atoms with Gasteiger partial charge in [-0.25, -0.2) is 4.79 Å². The summed E-state index contributed by atoms with van der Waals surface area (Å²) in [5, 5.41) is 30.3. The van der Waals surface area contributed by atoms with Crippen molar-refractivity contribution in [1.82, 2.24) is 4.57 Å². The van der Waals surface area contributed by atoms with Crippen LogP contribution in [0.2, 0.25) is 0 Å². The number of nitrogens with zero attached hydrogens (tertiary/aromatic N) is 2. The zero-order valence-electron chi connectivity index (χ0n) is 14.5. The molecule has 7 heteroatoms. The van der Waals surface area contributed by atoms with Gasteiger partial charge < -0.3 is 20.1 Å². The molecule has 0 aliphatic rings. The molecule has 0 spiro atoms. The molecule has 3 aromatic rings. The predicted molar refractivity (Wildman–Crippen MR) is 103 cm³/mol. The molecule has 0 radical (unpaired) electrons. The van der Waals surface area contributed by atoms with Crippen LogP contribution in [-0.2, 0) is 4.79 Å². The molecule has 0 aliphatic carbocycles. The van der Waals surface area contributed by atoms with Crippen LogP contribution in [0.4, 0.5) is 5.69 Å². The van der Waals surface area contributed by atoms with E-state index in [4.69, 9.17) is 5.11 Å². The molecule has 2 aromatic carbocycles. The lowest BCUT2D eigenvalue weighted by atomic mass is 10.2. The number of aromatic nitrogens is 1. The van der Waals surface area contributed by atoms with E-state index in [0.717, 1.165) is 0 Å². The average molecular weight is 373 g/mol. The van der Waals surface area contributed by atoms with Crippen LogP contribution in [0.1, 0.15) is 16.1 Å². The first kappa shape index (κ1) is 18.5. The third kappa shape index (κ3) is 4.08. The number of nitrogens with one attached hydrogen (secondary N) is 1. The number of phenolic OH excluding ortho intramolecular Hbond substituents is 1. The lowest BCUT2D eigenvalue weighted by molar-refractivity contribution is -0.112. The minimum absolute atomic E-state index is 0.0702. The maximum atomic E-state index is 12.4. The van der Waals surface area contributed by atoms with E-state index >= 15 is 0 Å². The Morgan fingerprint density at radius 3 is 2.32 bits per heavy atom. The van der Waals surface area contributed by atoms with Crippen molar-refractivity contribution >= 4 is 23.6 Å². The van der Waals surface area contributed by atoms with Gasteiger partial charge in [-0.15, -0.1) is 0 Å². The quantitative estimate of drug-likeness (QED) is 0.360. The first-order valence-electron chi connectivity index (χ1n) is 8.21. The Morgan fingerprint density at radius 2 is 1.71 bits per heavy atom. The summed E-state index contributed by atoms with van der Waals surface area (Å²) in [5.41, 5.74) is 1.79. The number of rotatable bonds is 5. The Balaban J connectivity index is 1.86. The minimum Gasteiger partial charge on any atom is -0.508 e. The summed E-state index contributed by atoms with van der Waals surface area (Å²) in [6.45, 7) is 0. The molecule has 0 unspecified atom stereocenters. The molecule has 138 valence electrons. The molecule has 0 saturated heterocycles. The van der Waals surface area contributed by atoms with Gasteiger partial charge in [-0.05, 0) is 66.7 Å². The molecule has 1 amide bonds. The summed E-state index contributed by atoms with van der Waals surface area (Å²) in [6.07, 6.45) is 3.19. The van der Waals surface area contributed by atoms with Crippen LogP contribution in [0.5, 0.6) is 5.75 Å². The highest BCUT2D eigenvalue weighted by molar-refractivity contribution is 6.09. The fraction of sp³-hybridized carbons (Fsp3) is 0. The largest absolute Gasteiger partial charge is 0.508 e. The van der Waals surface area contributed by atoms with Crippen molar-refractivity contribution in [3.63, 3.8) is 0 Å². The van der Waals surface area contributed by atoms with Gasteiger partial charge in [-0.3, -0.25) is 4.79 Å². The zero-order valence-corrected chi connectivity index (χ0v) is 14.5. The molecule has 0 fully saturated rings. The van der Waals surface area contributed by atoms with E-state index in [0.29, 0.717) is 17.1 Å². The number of amides is 1. The van der Waals surface area contributed by atoms with Gasteiger partial charge in [0.1, 0.15) is 17.4 Å². The number of benzene rings is 2. The van der Waals surface area contributed by atoms with E-state index in [9.17, 15) is 20.0 Å². The molecule has 0 saturated carbocycles. The first-order chi connectivity index (χ1) is 13.5. The molecular formula is C21H15N3O4. The highest BCUT2D eigenvalue weighted by atomic mass is 16.4. The van der Waals surface area contributed by atoms with Crippen LogP contribution in [0.3, 0.4) is 0 Å². The number of aromatic hydroxyl groups is 1. The zero-order chi connectivity index (χ0) is 20.1. The SMILES string of the molecule is N#C/C(=C\c1cccn1-c1ccc(C(=O)O)cc1)C(=O)Nc1ccc(O)cc1. The fourth-order valence-corrected chi connectivity index (χ4v) is 2.55. The molecule has 0 bridgehead atoms. The van der Waals surface area contributed by atoms with E-state index in [-0.39, 0.29) is 16.9 Å². The van der Waals surface area contributed by atoms with Crippen LogP contribution >= 0.6 is 0 Å². The van der Waals surface area contributed by atoms with Crippen molar-refractivity contribution in [2.75, 3.05) is 5.32 Å². The summed E-state index contributed by atoms with van der Waals surface area (Å²) in [4.78, 5) is 23.4. The van der Waals surface area contributed by atoms with Gasteiger partial charge in [-0.1, -0.05) is 0 Å². The Labute approximate surface area is 160 Å². The number of nitriles is 1. The average Bonchev–Trinajstić information content (AvgIpc) is 3.16. The normalized spacial score (nSPS) is 10.9. The fourth-order valence-electron chi connectivity index (χ4n) is 2.55. The molecule has 7 nitrogen and oxygen atoms in total. The smallest absolute Gasteiger partial charge is 0.335 e. The highest BCUT2D eigenvalue weighted by Crippen LogP contribution is 2.18. The number of aromatic carboxylic acids is 1. The first-order valence-corrected chi connectivity index (χ1v) is 8.21. The van der Waals surface area contributed by atoms with E-state index in [1.807, 2.05) is 6.07 Å². The number of carbonyl (C=O) groups excluding carboxylic acids is 1. The lowest BCUT2D eigenvalue weighted by Gasteiger charge is -2.08. The molecule has 0 aliphatic heterocycles. The Kier molecular flexibility index (Phi) is 5.23. The van der Waals surface area contributed by atoms with Crippen molar-refractivity contribution in [2.45, 2.75) is 0 Å². The lowest BCUT2D eigenvalue weighted by Crippen LogP contribution is -2.13. The number of phenols is 1. The summed E-state index contributed by atoms with van der Waals surface area (Å²) >= 11 is 0. The number of carboxylic acids is 1. The van der Waals surface area contributed by atoms with E-state index in [1.165, 1.54) is 42.5 Å². The van der Waals surface area contributed by atoms with Crippen molar-refractivity contribution in [2.24, 2.45) is 0 Å². The van der Waals surface area contributed by atoms with Gasteiger partial charge in [0.25, 0.3) is 5.91 Å². The van der Waals surface area contributed by atoms with Crippen LogP contribution in [-0.4, -0.2) is 26.7 Å². The van der Waals surface area contributed by atoms with Gasteiger partial charge in [0.2, 0.25) is 0 Å². The van der Waals surface area contributed by atoms with Crippen LogP contribution < -0.4 is 5.32 Å². The van der Waals surface area contributed by atoms with E-state index < -0.39 is 11.9 Å². The Morgan fingerprint density at radius 1 is 1.04 bits per heavy atom. The second kappa shape index (κ2) is 7.93. The number of carbonyl (C=O) groups is 2. The number of hydrogen-bond donors (Lipinski definition) is 3. The molecule has 3 N–H and O–H groups in total. The molecule has 0 atom stereocenters. The standard InChI is InChI=1S/C21H15N3O4/c22-13-15(20(26)23-16-5-9-19(25)10-6-16)12-18-2-1-11-24(18)17-7-3-14(4-8-17)21(27)28/h1-12,25H,(H,23,26)(H,27,28)/b15-12+. The number of carboxylic acid groups (broad SMARTS) is 1. The topological polar surface area (TPSA) is 115 Å². The molecule has 1 aromatic heterocycles. The van der Waals surface area contributed by atoms with Crippen LogP contribution in [0.15, 0.2) is 72.4 Å². The minimum atomic E-state index is -1.02. The summed E-state index contributed by atoms with van der Waals surface area (Å²) < 4.78 is 1.73. The van der Waals surface area contributed by atoms with E-state index in [1.54, 1.807) is 35.0 Å². The Bertz CT molecular complexity index is 1090. The molecule has 1 heterocycles. The second-order valence-corrected chi connectivity index (χ2v) is 5.83. The highest BCUT2D eigenvalue weighted by Gasteiger charge is 2.12. The van der Waals surface area contributed by atoms with Gasteiger partial charge >= 0.3 is 5.97 Å². The Hall–Kier alpha value is -4.31. The summed E-state index contributed by atoms with van der Waals surface area (Å²) in [5.74, 6) is -1.53. The monoisotopic (exact) mass is 373 g/mol. The van der Waals surface area contributed by atoms with E-state index in [2.05, 4.69) is 5.32 Å². The predicted octanol–water partition coefficient (Wildman–Crippen LogP) is 3.43. The van der Waals surface area contributed by atoms with Crippen molar-refractivity contribution < 1.29 is 19.8 Å². The van der Waals surface area contributed by atoms with Crippen LogP contribution in [0.25, 0.3) is 11.8 Å².